The SMILES string of the molecule is CC/C=C(/OCCC(=O)F)SC. The van der Waals surface area contributed by atoms with Gasteiger partial charge in [-0.1, -0.05) is 18.7 Å². The molecule has 0 aromatic rings. The van der Waals surface area contributed by atoms with Crippen LogP contribution in [-0.4, -0.2) is 18.9 Å². The molecule has 0 radical (unpaired) electrons. The van der Waals surface area contributed by atoms with Gasteiger partial charge in [-0.15, -0.1) is 0 Å². The Balaban J connectivity index is 3.58. The van der Waals surface area contributed by atoms with Crippen LogP contribution in [-0.2, 0) is 9.53 Å². The first kappa shape index (κ1) is 11.5. The van der Waals surface area contributed by atoms with Crippen molar-refractivity contribution < 1.29 is 13.9 Å². The first-order valence-electron chi connectivity index (χ1n) is 3.76. The van der Waals surface area contributed by atoms with E-state index in [2.05, 4.69) is 0 Å². The fourth-order valence-corrected chi connectivity index (χ4v) is 1.13. The fraction of sp³-hybridized carbons (Fsp3) is 0.625. The molecule has 0 heterocycles. The summed E-state index contributed by atoms with van der Waals surface area (Å²) in [5.41, 5.74) is 0. The molecule has 0 spiro atoms. The molecular formula is C8H13FO2S. The zero-order valence-electron chi connectivity index (χ0n) is 7.30. The standard InChI is InChI=1S/C8H13FO2S/c1-3-4-8(12-2)11-6-5-7(9)10/h4H,3,5-6H2,1-2H3/b8-4-. The van der Waals surface area contributed by atoms with Gasteiger partial charge in [-0.25, -0.2) is 0 Å². The molecule has 2 nitrogen and oxygen atoms in total. The van der Waals surface area contributed by atoms with E-state index in [4.69, 9.17) is 4.74 Å². The lowest BCUT2D eigenvalue weighted by atomic mass is 10.5. The molecule has 0 rings (SSSR count). The van der Waals surface area contributed by atoms with Crippen LogP contribution in [0.2, 0.25) is 0 Å². The van der Waals surface area contributed by atoms with Crippen molar-refractivity contribution in [3.05, 3.63) is 11.2 Å². The Morgan fingerprint density at radius 3 is 2.75 bits per heavy atom. The fourth-order valence-electron chi connectivity index (χ4n) is 0.600. The summed E-state index contributed by atoms with van der Waals surface area (Å²) < 4.78 is 16.8. The summed E-state index contributed by atoms with van der Waals surface area (Å²) >= 11 is 1.45. The minimum Gasteiger partial charge on any atom is -0.487 e. The average molecular weight is 192 g/mol. The molecule has 4 heteroatoms. The number of rotatable bonds is 6. The van der Waals surface area contributed by atoms with E-state index >= 15 is 0 Å². The van der Waals surface area contributed by atoms with E-state index in [-0.39, 0.29) is 13.0 Å². The van der Waals surface area contributed by atoms with Gasteiger partial charge in [-0.05, 0) is 18.8 Å². The van der Waals surface area contributed by atoms with Gasteiger partial charge in [0.15, 0.2) is 0 Å². The van der Waals surface area contributed by atoms with Crippen LogP contribution in [0.5, 0.6) is 0 Å². The highest BCUT2D eigenvalue weighted by atomic mass is 32.2. The van der Waals surface area contributed by atoms with Crippen LogP contribution in [0.4, 0.5) is 4.39 Å². The van der Waals surface area contributed by atoms with E-state index in [9.17, 15) is 9.18 Å². The summed E-state index contributed by atoms with van der Waals surface area (Å²) in [7, 11) is 0. The molecule has 0 saturated heterocycles. The molecular weight excluding hydrogens is 179 g/mol. The summed E-state index contributed by atoms with van der Waals surface area (Å²) in [6, 6.07) is -1.33. The molecule has 0 aliphatic carbocycles. The van der Waals surface area contributed by atoms with E-state index in [1.165, 1.54) is 11.8 Å². The highest BCUT2D eigenvalue weighted by molar-refractivity contribution is 8.02. The molecule has 12 heavy (non-hydrogen) atoms. The molecule has 0 saturated carbocycles. The molecule has 0 atom stereocenters. The Hall–Kier alpha value is -0.510. The van der Waals surface area contributed by atoms with E-state index in [1.54, 1.807) is 0 Å². The molecule has 70 valence electrons. The van der Waals surface area contributed by atoms with Crippen LogP contribution in [0.15, 0.2) is 11.2 Å². The maximum atomic E-state index is 11.7. The molecule has 0 aromatic heterocycles. The number of allylic oxidation sites excluding steroid dienone is 1. The molecule has 0 aliphatic heterocycles. The molecule has 0 unspecified atom stereocenters. The van der Waals surface area contributed by atoms with Gasteiger partial charge in [0.2, 0.25) is 0 Å². The van der Waals surface area contributed by atoms with Gasteiger partial charge >= 0.3 is 6.04 Å². The third-order valence-electron chi connectivity index (χ3n) is 1.11. The maximum absolute atomic E-state index is 11.7. The second-order valence-electron chi connectivity index (χ2n) is 2.09. The second-order valence-corrected chi connectivity index (χ2v) is 2.90. The van der Waals surface area contributed by atoms with E-state index in [1.807, 2.05) is 19.3 Å². The number of carbonyl (C=O) groups excluding carboxylic acids is 1. The molecule has 0 N–H and O–H groups in total. The lowest BCUT2D eigenvalue weighted by molar-refractivity contribution is -0.130. The summed E-state index contributed by atoms with van der Waals surface area (Å²) in [5.74, 6) is 0. The maximum Gasteiger partial charge on any atom is 0.304 e. The number of hydrogen-bond acceptors (Lipinski definition) is 3. The first-order valence-corrected chi connectivity index (χ1v) is 4.98. The van der Waals surface area contributed by atoms with Gasteiger partial charge in [-0.2, -0.15) is 4.39 Å². The Bertz CT molecular complexity index is 168. The minimum absolute atomic E-state index is 0.127. The lowest BCUT2D eigenvalue weighted by Gasteiger charge is -2.05. The third kappa shape index (κ3) is 6.22. The van der Waals surface area contributed by atoms with Gasteiger partial charge in [0.25, 0.3) is 0 Å². The summed E-state index contributed by atoms with van der Waals surface area (Å²) in [5, 5.41) is 0.749. The Labute approximate surface area is 76.2 Å². The molecule has 0 bridgehead atoms. The highest BCUT2D eigenvalue weighted by Gasteiger charge is 1.99. The first-order chi connectivity index (χ1) is 5.70. The normalized spacial score (nSPS) is 11.4. The van der Waals surface area contributed by atoms with Crippen molar-refractivity contribution in [3.63, 3.8) is 0 Å². The van der Waals surface area contributed by atoms with Crippen molar-refractivity contribution >= 4 is 17.8 Å². The monoisotopic (exact) mass is 192 g/mol. The predicted molar refractivity (Wildman–Crippen MR) is 48.6 cm³/mol. The van der Waals surface area contributed by atoms with Crippen molar-refractivity contribution in [3.8, 4) is 0 Å². The van der Waals surface area contributed by atoms with E-state index in [0.717, 1.165) is 11.5 Å². The van der Waals surface area contributed by atoms with Crippen molar-refractivity contribution in [1.82, 2.24) is 0 Å². The zero-order chi connectivity index (χ0) is 9.40. The van der Waals surface area contributed by atoms with Crippen LogP contribution < -0.4 is 0 Å². The van der Waals surface area contributed by atoms with Crippen molar-refractivity contribution in [2.75, 3.05) is 12.9 Å². The van der Waals surface area contributed by atoms with Crippen LogP contribution in [0.25, 0.3) is 0 Å². The average Bonchev–Trinajstić information content (AvgIpc) is 2.02. The van der Waals surface area contributed by atoms with Crippen molar-refractivity contribution in [1.29, 1.82) is 0 Å². The number of carbonyl (C=O) groups is 1. The summed E-state index contributed by atoms with van der Waals surface area (Å²) in [6.45, 7) is 2.11. The van der Waals surface area contributed by atoms with Gasteiger partial charge < -0.3 is 4.74 Å². The third-order valence-corrected chi connectivity index (χ3v) is 1.80. The van der Waals surface area contributed by atoms with Crippen LogP contribution >= 0.6 is 11.8 Å². The number of halogens is 1. The van der Waals surface area contributed by atoms with Crippen molar-refractivity contribution in [2.45, 2.75) is 19.8 Å². The van der Waals surface area contributed by atoms with E-state index < -0.39 is 6.04 Å². The molecule has 0 aliphatic rings. The van der Waals surface area contributed by atoms with Gasteiger partial charge in [0.1, 0.15) is 5.09 Å². The molecule has 0 fully saturated rings. The second kappa shape index (κ2) is 7.16. The highest BCUT2D eigenvalue weighted by Crippen LogP contribution is 2.13. The van der Waals surface area contributed by atoms with Crippen molar-refractivity contribution in [2.24, 2.45) is 0 Å². The number of hydrogen-bond donors (Lipinski definition) is 0. The smallest absolute Gasteiger partial charge is 0.304 e. The lowest BCUT2D eigenvalue weighted by Crippen LogP contribution is -1.97. The van der Waals surface area contributed by atoms with Crippen LogP contribution in [0.3, 0.4) is 0 Å². The predicted octanol–water partition coefficient (Wildman–Crippen LogP) is 2.50. The summed E-state index contributed by atoms with van der Waals surface area (Å²) in [6.07, 6.45) is 4.48. The Morgan fingerprint density at radius 1 is 1.67 bits per heavy atom. The molecule has 0 aromatic carbocycles. The van der Waals surface area contributed by atoms with Gasteiger partial charge in [-0.3, -0.25) is 4.79 Å². The number of thioether (sulfide) groups is 1. The topological polar surface area (TPSA) is 26.3 Å². The van der Waals surface area contributed by atoms with E-state index in [0.29, 0.717) is 0 Å². The molecule has 0 amide bonds. The zero-order valence-corrected chi connectivity index (χ0v) is 8.12. The Kier molecular flexibility index (Phi) is 6.85. The Morgan fingerprint density at radius 2 is 2.33 bits per heavy atom. The summed E-state index contributed by atoms with van der Waals surface area (Å²) in [4.78, 5) is 9.90. The number of ether oxygens (including phenoxy) is 1. The van der Waals surface area contributed by atoms with Crippen LogP contribution in [0.1, 0.15) is 19.8 Å². The quantitative estimate of drug-likeness (QED) is 0.478. The van der Waals surface area contributed by atoms with Gasteiger partial charge in [0.05, 0.1) is 13.0 Å². The van der Waals surface area contributed by atoms with Gasteiger partial charge in [0, 0.05) is 0 Å². The van der Waals surface area contributed by atoms with Crippen LogP contribution in [0, 0.1) is 0 Å². The minimum atomic E-state index is -1.33. The largest absolute Gasteiger partial charge is 0.487 e.